The van der Waals surface area contributed by atoms with Gasteiger partial charge in [-0.25, -0.2) is 0 Å². The molecule has 0 aliphatic rings. The van der Waals surface area contributed by atoms with Gasteiger partial charge in [0, 0.05) is 18.1 Å². The van der Waals surface area contributed by atoms with E-state index < -0.39 is 0 Å². The van der Waals surface area contributed by atoms with Crippen molar-refractivity contribution in [2.45, 2.75) is 65.1 Å². The van der Waals surface area contributed by atoms with Crippen molar-refractivity contribution >= 4 is 0 Å². The van der Waals surface area contributed by atoms with E-state index in [0.717, 1.165) is 6.42 Å². The van der Waals surface area contributed by atoms with Crippen LogP contribution < -0.4 is 5.73 Å². The zero-order chi connectivity index (χ0) is 10.4. The van der Waals surface area contributed by atoms with Crippen LogP contribution in [0.25, 0.3) is 0 Å². The molecular formula is C11H26N2. The van der Waals surface area contributed by atoms with Gasteiger partial charge in [0.25, 0.3) is 0 Å². The Kier molecular flexibility index (Phi) is 6.35. The fourth-order valence-electron chi connectivity index (χ4n) is 1.93. The minimum atomic E-state index is 0.312. The van der Waals surface area contributed by atoms with Crippen LogP contribution in [0, 0.1) is 0 Å². The van der Waals surface area contributed by atoms with Crippen molar-refractivity contribution in [3.63, 3.8) is 0 Å². The monoisotopic (exact) mass is 186 g/mol. The van der Waals surface area contributed by atoms with Crippen LogP contribution in [0.1, 0.15) is 47.0 Å². The molecule has 0 heterocycles. The average molecular weight is 186 g/mol. The SMILES string of the molecule is CCC(CC)N(C)C(C)CC(C)N. The molecular weight excluding hydrogens is 160 g/mol. The second-order valence-electron chi connectivity index (χ2n) is 4.20. The lowest BCUT2D eigenvalue weighted by Crippen LogP contribution is -2.40. The molecule has 0 rings (SSSR count). The van der Waals surface area contributed by atoms with E-state index in [4.69, 9.17) is 5.73 Å². The Morgan fingerprint density at radius 1 is 1.15 bits per heavy atom. The molecule has 0 aliphatic carbocycles. The third-order valence-electron chi connectivity index (χ3n) is 2.93. The summed E-state index contributed by atoms with van der Waals surface area (Å²) < 4.78 is 0. The summed E-state index contributed by atoms with van der Waals surface area (Å²) in [6.45, 7) is 8.85. The molecule has 0 aromatic carbocycles. The fraction of sp³-hybridized carbons (Fsp3) is 1.00. The molecule has 0 saturated carbocycles. The highest BCUT2D eigenvalue weighted by molar-refractivity contribution is 4.74. The summed E-state index contributed by atoms with van der Waals surface area (Å²) >= 11 is 0. The largest absolute Gasteiger partial charge is 0.328 e. The third kappa shape index (κ3) is 4.63. The summed E-state index contributed by atoms with van der Waals surface area (Å²) in [5.74, 6) is 0. The van der Waals surface area contributed by atoms with E-state index >= 15 is 0 Å². The molecule has 2 nitrogen and oxygen atoms in total. The maximum atomic E-state index is 5.79. The van der Waals surface area contributed by atoms with Gasteiger partial charge in [0.1, 0.15) is 0 Å². The van der Waals surface area contributed by atoms with E-state index in [1.54, 1.807) is 0 Å². The van der Waals surface area contributed by atoms with Gasteiger partial charge >= 0.3 is 0 Å². The van der Waals surface area contributed by atoms with Crippen molar-refractivity contribution in [2.24, 2.45) is 5.73 Å². The molecule has 0 bridgehead atoms. The molecule has 0 fully saturated rings. The second kappa shape index (κ2) is 6.39. The molecule has 0 radical (unpaired) electrons. The highest BCUT2D eigenvalue weighted by atomic mass is 15.2. The molecule has 13 heavy (non-hydrogen) atoms. The van der Waals surface area contributed by atoms with Crippen molar-refractivity contribution in [1.29, 1.82) is 0 Å². The highest BCUT2D eigenvalue weighted by Crippen LogP contribution is 2.12. The van der Waals surface area contributed by atoms with Crippen LogP contribution in [0.4, 0.5) is 0 Å². The summed E-state index contributed by atoms with van der Waals surface area (Å²) in [7, 11) is 2.21. The Balaban J connectivity index is 3.98. The number of nitrogens with two attached hydrogens (primary N) is 1. The smallest absolute Gasteiger partial charge is 0.00897 e. The van der Waals surface area contributed by atoms with Crippen molar-refractivity contribution in [3.05, 3.63) is 0 Å². The fourth-order valence-corrected chi connectivity index (χ4v) is 1.93. The number of rotatable bonds is 6. The Hall–Kier alpha value is -0.0800. The lowest BCUT2D eigenvalue weighted by atomic mass is 10.0. The van der Waals surface area contributed by atoms with Gasteiger partial charge in [0.2, 0.25) is 0 Å². The summed E-state index contributed by atoms with van der Waals surface area (Å²) in [4.78, 5) is 2.46. The minimum Gasteiger partial charge on any atom is -0.328 e. The Morgan fingerprint density at radius 3 is 1.92 bits per heavy atom. The van der Waals surface area contributed by atoms with Gasteiger partial charge in [-0.1, -0.05) is 13.8 Å². The highest BCUT2D eigenvalue weighted by Gasteiger charge is 2.17. The topological polar surface area (TPSA) is 29.3 Å². The maximum Gasteiger partial charge on any atom is 0.00897 e. The van der Waals surface area contributed by atoms with Gasteiger partial charge in [-0.05, 0) is 40.2 Å². The van der Waals surface area contributed by atoms with Crippen molar-refractivity contribution in [2.75, 3.05) is 7.05 Å². The summed E-state index contributed by atoms with van der Waals surface area (Å²) in [6, 6.07) is 1.63. The van der Waals surface area contributed by atoms with Crippen LogP contribution in [0.5, 0.6) is 0 Å². The Morgan fingerprint density at radius 2 is 1.62 bits per heavy atom. The predicted octanol–water partition coefficient (Wildman–Crippen LogP) is 2.23. The molecule has 0 spiro atoms. The minimum absolute atomic E-state index is 0.312. The molecule has 2 atom stereocenters. The molecule has 2 unspecified atom stereocenters. The molecule has 0 saturated heterocycles. The van der Waals surface area contributed by atoms with E-state index in [0.29, 0.717) is 18.1 Å². The molecule has 80 valence electrons. The first kappa shape index (κ1) is 12.9. The first-order chi connectivity index (χ1) is 6.02. The standard InChI is InChI=1S/C11H26N2/c1-6-11(7-2)13(5)10(4)8-9(3)12/h9-11H,6-8,12H2,1-5H3. The Labute approximate surface area is 83.5 Å². The summed E-state index contributed by atoms with van der Waals surface area (Å²) in [6.07, 6.45) is 3.56. The van der Waals surface area contributed by atoms with Crippen LogP contribution in [-0.2, 0) is 0 Å². The lowest BCUT2D eigenvalue weighted by Gasteiger charge is -2.32. The van der Waals surface area contributed by atoms with Crippen LogP contribution in [-0.4, -0.2) is 30.1 Å². The van der Waals surface area contributed by atoms with Crippen LogP contribution in [0.15, 0.2) is 0 Å². The lowest BCUT2D eigenvalue weighted by molar-refractivity contribution is 0.162. The molecule has 2 heteroatoms. The Bertz CT molecular complexity index is 119. The predicted molar refractivity (Wildman–Crippen MR) is 59.9 cm³/mol. The normalized spacial score (nSPS) is 16.6. The van der Waals surface area contributed by atoms with Gasteiger partial charge in [-0.15, -0.1) is 0 Å². The molecule has 2 N–H and O–H groups in total. The van der Waals surface area contributed by atoms with Crippen LogP contribution in [0.2, 0.25) is 0 Å². The average Bonchev–Trinajstić information content (AvgIpc) is 2.05. The maximum absolute atomic E-state index is 5.79. The molecule has 0 aliphatic heterocycles. The zero-order valence-corrected chi connectivity index (χ0v) is 9.88. The third-order valence-corrected chi connectivity index (χ3v) is 2.93. The van der Waals surface area contributed by atoms with Gasteiger partial charge in [0.05, 0.1) is 0 Å². The number of hydrogen-bond acceptors (Lipinski definition) is 2. The second-order valence-corrected chi connectivity index (χ2v) is 4.20. The molecule has 0 amide bonds. The van der Waals surface area contributed by atoms with Gasteiger partial charge in [-0.3, -0.25) is 0 Å². The van der Waals surface area contributed by atoms with E-state index in [-0.39, 0.29) is 0 Å². The molecule has 0 aromatic heterocycles. The number of hydrogen-bond donors (Lipinski definition) is 1. The zero-order valence-electron chi connectivity index (χ0n) is 9.88. The first-order valence-corrected chi connectivity index (χ1v) is 5.50. The van der Waals surface area contributed by atoms with Gasteiger partial charge < -0.3 is 10.6 Å². The van der Waals surface area contributed by atoms with E-state index in [9.17, 15) is 0 Å². The van der Waals surface area contributed by atoms with Crippen molar-refractivity contribution in [3.8, 4) is 0 Å². The van der Waals surface area contributed by atoms with E-state index in [1.807, 2.05) is 0 Å². The van der Waals surface area contributed by atoms with E-state index in [2.05, 4.69) is 39.6 Å². The van der Waals surface area contributed by atoms with E-state index in [1.165, 1.54) is 12.8 Å². The molecule has 0 aromatic rings. The van der Waals surface area contributed by atoms with Gasteiger partial charge in [-0.2, -0.15) is 0 Å². The van der Waals surface area contributed by atoms with Crippen LogP contribution in [0.3, 0.4) is 0 Å². The first-order valence-electron chi connectivity index (χ1n) is 5.50. The summed E-state index contributed by atoms with van der Waals surface area (Å²) in [5.41, 5.74) is 5.79. The van der Waals surface area contributed by atoms with Gasteiger partial charge in [0.15, 0.2) is 0 Å². The summed E-state index contributed by atoms with van der Waals surface area (Å²) in [5, 5.41) is 0. The van der Waals surface area contributed by atoms with Crippen LogP contribution >= 0.6 is 0 Å². The quantitative estimate of drug-likeness (QED) is 0.689. The van der Waals surface area contributed by atoms with Crippen molar-refractivity contribution in [1.82, 2.24) is 4.90 Å². The number of nitrogens with zero attached hydrogens (tertiary/aromatic N) is 1. The van der Waals surface area contributed by atoms with Crippen molar-refractivity contribution < 1.29 is 0 Å².